The molecule has 0 N–H and O–H groups in total. The molecule has 1 aromatic rings. The second-order valence-corrected chi connectivity index (χ2v) is 4.47. The maximum Gasteiger partial charge on any atom is 0.179 e. The lowest BCUT2D eigenvalue weighted by molar-refractivity contribution is -0.110. The van der Waals surface area contributed by atoms with Gasteiger partial charge >= 0.3 is 0 Å². The summed E-state index contributed by atoms with van der Waals surface area (Å²) < 4.78 is 0. The Morgan fingerprint density at radius 1 is 1.44 bits per heavy atom. The van der Waals surface area contributed by atoms with Gasteiger partial charge in [0.05, 0.1) is 11.4 Å². The van der Waals surface area contributed by atoms with Gasteiger partial charge in [-0.1, -0.05) is 30.5 Å². The number of carbonyl (C=O) groups excluding carboxylic acids is 1. The Labute approximate surface area is 98.8 Å². The van der Waals surface area contributed by atoms with E-state index in [1.807, 2.05) is 31.2 Å². The average molecular weight is 229 g/mol. The van der Waals surface area contributed by atoms with Gasteiger partial charge in [-0.3, -0.25) is 9.79 Å². The van der Waals surface area contributed by atoms with E-state index in [1.165, 1.54) is 6.08 Å². The van der Waals surface area contributed by atoms with Crippen molar-refractivity contribution < 1.29 is 4.79 Å². The van der Waals surface area contributed by atoms with Crippen molar-refractivity contribution >= 4 is 28.9 Å². The number of rotatable bonds is 2. The monoisotopic (exact) mass is 229 g/mol. The van der Waals surface area contributed by atoms with Crippen LogP contribution < -0.4 is 0 Å². The number of para-hydroxylation sites is 1. The molecule has 0 unspecified atom stereocenters. The summed E-state index contributed by atoms with van der Waals surface area (Å²) in [6, 6.07) is 7.90. The van der Waals surface area contributed by atoms with Crippen LogP contribution in [0.1, 0.15) is 6.92 Å². The highest BCUT2D eigenvalue weighted by atomic mass is 32.2. The third kappa shape index (κ3) is 2.14. The molecule has 0 aromatic heterocycles. The number of aliphatic imine (C=N–C) groups is 1. The molecule has 1 aromatic carbocycles. The van der Waals surface area contributed by atoms with E-state index >= 15 is 0 Å². The fraction of sp³-hybridized carbons (Fsp3) is 0.0769. The minimum atomic E-state index is -0.0866. The van der Waals surface area contributed by atoms with Gasteiger partial charge in [-0.15, -0.1) is 0 Å². The zero-order chi connectivity index (χ0) is 11.5. The molecule has 1 aliphatic rings. The van der Waals surface area contributed by atoms with Crippen LogP contribution in [0.3, 0.4) is 0 Å². The van der Waals surface area contributed by atoms with Crippen molar-refractivity contribution in [3.05, 3.63) is 47.9 Å². The average Bonchev–Trinajstić information content (AvgIpc) is 2.30. The number of ketones is 1. The first-order valence-corrected chi connectivity index (χ1v) is 5.73. The van der Waals surface area contributed by atoms with Crippen LogP contribution in [-0.2, 0) is 4.79 Å². The number of nitrogens with zero attached hydrogens (tertiary/aromatic N) is 1. The van der Waals surface area contributed by atoms with Crippen LogP contribution in [0.2, 0.25) is 0 Å². The third-order valence-electron chi connectivity index (χ3n) is 2.20. The van der Waals surface area contributed by atoms with E-state index in [2.05, 4.69) is 11.6 Å². The highest BCUT2D eigenvalue weighted by Gasteiger charge is 2.14. The summed E-state index contributed by atoms with van der Waals surface area (Å²) >= 11 is 1.57. The van der Waals surface area contributed by atoms with Gasteiger partial charge in [0.25, 0.3) is 0 Å². The van der Waals surface area contributed by atoms with Gasteiger partial charge in [0.2, 0.25) is 0 Å². The van der Waals surface area contributed by atoms with E-state index in [0.717, 1.165) is 21.2 Å². The summed E-state index contributed by atoms with van der Waals surface area (Å²) in [5.41, 5.74) is 1.84. The normalized spacial score (nSPS) is 16.6. The summed E-state index contributed by atoms with van der Waals surface area (Å²) in [6.07, 6.45) is 2.88. The first-order chi connectivity index (χ1) is 7.70. The molecule has 1 heterocycles. The van der Waals surface area contributed by atoms with Crippen molar-refractivity contribution in [3.8, 4) is 0 Å². The van der Waals surface area contributed by atoms with Crippen molar-refractivity contribution in [2.75, 3.05) is 0 Å². The number of carbonyl (C=O) groups is 1. The Hall–Kier alpha value is -1.61. The van der Waals surface area contributed by atoms with E-state index in [1.54, 1.807) is 17.8 Å². The van der Waals surface area contributed by atoms with Crippen LogP contribution in [0.4, 0.5) is 5.69 Å². The van der Waals surface area contributed by atoms with Gasteiger partial charge in [0, 0.05) is 15.9 Å². The second kappa shape index (κ2) is 4.49. The SMILES string of the molecule is C=CC(=O)/C=C1/Sc2ccccc2N=C1C. The number of hydrogen-bond donors (Lipinski definition) is 0. The van der Waals surface area contributed by atoms with E-state index in [9.17, 15) is 4.79 Å². The summed E-state index contributed by atoms with van der Waals surface area (Å²) in [5, 5.41) is 0. The van der Waals surface area contributed by atoms with Crippen molar-refractivity contribution in [2.45, 2.75) is 11.8 Å². The number of allylic oxidation sites excluding steroid dienone is 3. The minimum absolute atomic E-state index is 0.0866. The third-order valence-corrected chi connectivity index (χ3v) is 3.40. The molecular weight excluding hydrogens is 218 g/mol. The smallest absolute Gasteiger partial charge is 0.179 e. The fourth-order valence-corrected chi connectivity index (χ4v) is 2.36. The van der Waals surface area contributed by atoms with Gasteiger partial charge in [0.1, 0.15) is 0 Å². The molecule has 0 saturated carbocycles. The molecular formula is C13H11NOS. The lowest BCUT2D eigenvalue weighted by atomic mass is 10.2. The molecule has 3 heteroatoms. The Bertz CT molecular complexity index is 514. The van der Waals surface area contributed by atoms with Crippen molar-refractivity contribution in [1.82, 2.24) is 0 Å². The molecule has 0 atom stereocenters. The van der Waals surface area contributed by atoms with Gasteiger partial charge in [-0.2, -0.15) is 0 Å². The Balaban J connectivity index is 2.41. The molecule has 0 radical (unpaired) electrons. The van der Waals surface area contributed by atoms with E-state index in [4.69, 9.17) is 0 Å². The van der Waals surface area contributed by atoms with Crippen molar-refractivity contribution in [3.63, 3.8) is 0 Å². The largest absolute Gasteiger partial charge is 0.290 e. The fourth-order valence-electron chi connectivity index (χ4n) is 1.39. The molecule has 0 amide bonds. The zero-order valence-electron chi connectivity index (χ0n) is 8.93. The van der Waals surface area contributed by atoms with Crippen LogP contribution in [-0.4, -0.2) is 11.5 Å². The predicted octanol–water partition coefficient (Wildman–Crippen LogP) is 3.52. The summed E-state index contributed by atoms with van der Waals surface area (Å²) in [6.45, 7) is 5.36. The number of benzene rings is 1. The summed E-state index contributed by atoms with van der Waals surface area (Å²) in [5.74, 6) is -0.0866. The predicted molar refractivity (Wildman–Crippen MR) is 68.4 cm³/mol. The van der Waals surface area contributed by atoms with E-state index in [-0.39, 0.29) is 5.78 Å². The van der Waals surface area contributed by atoms with E-state index in [0.29, 0.717) is 0 Å². The molecule has 80 valence electrons. The molecule has 1 aliphatic heterocycles. The molecule has 0 aliphatic carbocycles. The number of hydrogen-bond acceptors (Lipinski definition) is 3. The summed E-state index contributed by atoms with van der Waals surface area (Å²) in [4.78, 5) is 17.7. The lowest BCUT2D eigenvalue weighted by Gasteiger charge is -2.14. The Morgan fingerprint density at radius 3 is 2.94 bits per heavy atom. The molecule has 0 saturated heterocycles. The molecule has 2 nitrogen and oxygen atoms in total. The minimum Gasteiger partial charge on any atom is -0.290 e. The van der Waals surface area contributed by atoms with Crippen molar-refractivity contribution in [2.24, 2.45) is 4.99 Å². The quantitative estimate of drug-likeness (QED) is 0.726. The molecule has 0 bridgehead atoms. The topological polar surface area (TPSA) is 29.4 Å². The van der Waals surface area contributed by atoms with Gasteiger partial charge < -0.3 is 0 Å². The molecule has 16 heavy (non-hydrogen) atoms. The molecule has 0 spiro atoms. The zero-order valence-corrected chi connectivity index (χ0v) is 9.75. The van der Waals surface area contributed by atoms with E-state index < -0.39 is 0 Å². The standard InChI is InChI=1S/C13H11NOS/c1-3-10(15)8-13-9(2)14-11-6-4-5-7-12(11)16-13/h3-8H,1H2,2H3/b13-8+. The number of fused-ring (bicyclic) bond motifs is 1. The van der Waals surface area contributed by atoms with Crippen LogP contribution in [0.5, 0.6) is 0 Å². The van der Waals surface area contributed by atoms with Crippen LogP contribution in [0.25, 0.3) is 0 Å². The van der Waals surface area contributed by atoms with Crippen molar-refractivity contribution in [1.29, 1.82) is 0 Å². The Morgan fingerprint density at radius 2 is 2.19 bits per heavy atom. The maximum absolute atomic E-state index is 11.3. The first-order valence-electron chi connectivity index (χ1n) is 4.91. The second-order valence-electron chi connectivity index (χ2n) is 3.38. The highest BCUT2D eigenvalue weighted by Crippen LogP contribution is 2.39. The molecule has 0 fully saturated rings. The van der Waals surface area contributed by atoms with Crippen LogP contribution in [0.15, 0.2) is 57.8 Å². The Kier molecular flexibility index (Phi) is 3.06. The highest BCUT2D eigenvalue weighted by molar-refractivity contribution is 8.04. The first kappa shape index (κ1) is 10.9. The lowest BCUT2D eigenvalue weighted by Crippen LogP contribution is -2.01. The number of thioether (sulfide) groups is 1. The van der Waals surface area contributed by atoms with Gasteiger partial charge in [-0.25, -0.2) is 0 Å². The summed E-state index contributed by atoms with van der Waals surface area (Å²) in [7, 11) is 0. The van der Waals surface area contributed by atoms with Gasteiger partial charge in [0.15, 0.2) is 5.78 Å². The van der Waals surface area contributed by atoms with Crippen LogP contribution >= 0.6 is 11.8 Å². The van der Waals surface area contributed by atoms with Crippen LogP contribution in [0, 0.1) is 0 Å². The molecule has 2 rings (SSSR count). The maximum atomic E-state index is 11.3. The van der Waals surface area contributed by atoms with Gasteiger partial charge in [-0.05, 0) is 25.1 Å².